The van der Waals surface area contributed by atoms with Crippen LogP contribution in [0.5, 0.6) is 0 Å². The Morgan fingerprint density at radius 2 is 2.08 bits per heavy atom. The van der Waals surface area contributed by atoms with Crippen LogP contribution in [0, 0.1) is 0 Å². The van der Waals surface area contributed by atoms with Gasteiger partial charge in [-0.05, 0) is 6.92 Å². The van der Waals surface area contributed by atoms with Crippen molar-refractivity contribution >= 4 is 11.8 Å². The van der Waals surface area contributed by atoms with Gasteiger partial charge in [0.2, 0.25) is 0 Å². The smallest absolute Gasteiger partial charge is 0.325 e. The normalized spacial score (nSPS) is 14.1. The fourth-order valence-corrected chi connectivity index (χ4v) is 0.851. The van der Waals surface area contributed by atoms with Crippen LogP contribution in [0.3, 0.4) is 0 Å². The molecular formula is C8H13NO3. The van der Waals surface area contributed by atoms with E-state index in [1.165, 1.54) is 6.08 Å². The predicted octanol–water partition coefficient (Wildman–Crippen LogP) is 0.324. The van der Waals surface area contributed by atoms with Gasteiger partial charge in [-0.25, -0.2) is 0 Å². The van der Waals surface area contributed by atoms with Crippen molar-refractivity contribution in [3.05, 3.63) is 11.6 Å². The van der Waals surface area contributed by atoms with E-state index in [2.05, 4.69) is 0 Å². The molecule has 12 heavy (non-hydrogen) atoms. The Labute approximate surface area is 71.1 Å². The lowest BCUT2D eigenvalue weighted by molar-refractivity contribution is -0.138. The molecule has 3 N–H and O–H groups in total. The molecule has 0 aromatic heterocycles. The highest BCUT2D eigenvalue weighted by atomic mass is 16.4. The molecule has 4 nitrogen and oxygen atoms in total. The minimum absolute atomic E-state index is 0.171. The molecule has 0 amide bonds. The van der Waals surface area contributed by atoms with Gasteiger partial charge in [0.1, 0.15) is 6.04 Å². The average molecular weight is 171 g/mol. The van der Waals surface area contributed by atoms with E-state index >= 15 is 0 Å². The maximum Gasteiger partial charge on any atom is 0.325 e. The molecule has 1 atom stereocenters. The molecule has 0 aliphatic heterocycles. The van der Waals surface area contributed by atoms with Crippen LogP contribution in [0.2, 0.25) is 0 Å². The summed E-state index contributed by atoms with van der Waals surface area (Å²) in [7, 11) is 0. The van der Waals surface area contributed by atoms with Crippen molar-refractivity contribution < 1.29 is 14.7 Å². The molecule has 0 heterocycles. The number of nitrogens with two attached hydrogens (primary N) is 1. The van der Waals surface area contributed by atoms with Crippen LogP contribution in [-0.2, 0) is 9.59 Å². The molecule has 0 radical (unpaired) electrons. The summed E-state index contributed by atoms with van der Waals surface area (Å²) in [6.07, 6.45) is 1.73. The summed E-state index contributed by atoms with van der Waals surface area (Å²) in [6, 6.07) is -1.19. The molecule has 0 fully saturated rings. The number of carboxylic acid groups (broad SMARTS) is 1. The molecule has 0 rings (SSSR count). The summed E-state index contributed by atoms with van der Waals surface area (Å²) in [5.74, 6) is -1.39. The van der Waals surface area contributed by atoms with Crippen LogP contribution in [-0.4, -0.2) is 22.9 Å². The quantitative estimate of drug-likeness (QED) is 0.597. The van der Waals surface area contributed by atoms with Gasteiger partial charge in [-0.2, -0.15) is 0 Å². The van der Waals surface area contributed by atoms with Gasteiger partial charge in [0.25, 0.3) is 0 Å². The van der Waals surface area contributed by atoms with Crippen molar-refractivity contribution in [2.24, 2.45) is 5.73 Å². The van der Waals surface area contributed by atoms with E-state index in [1.54, 1.807) is 13.8 Å². The minimum atomic E-state index is -1.19. The van der Waals surface area contributed by atoms with Crippen molar-refractivity contribution in [2.45, 2.75) is 26.3 Å². The summed E-state index contributed by atoms with van der Waals surface area (Å²) in [5.41, 5.74) is 5.43. The fraction of sp³-hybridized carbons (Fsp3) is 0.500. The van der Waals surface area contributed by atoms with Crippen LogP contribution in [0.4, 0.5) is 0 Å². The van der Waals surface area contributed by atoms with Crippen molar-refractivity contribution in [3.8, 4) is 0 Å². The number of carbonyl (C=O) groups is 2. The zero-order chi connectivity index (χ0) is 9.72. The summed E-state index contributed by atoms with van der Waals surface area (Å²) in [6.45, 7) is 3.27. The second-order valence-corrected chi connectivity index (χ2v) is 2.34. The third kappa shape index (κ3) is 2.47. The van der Waals surface area contributed by atoms with Crippen molar-refractivity contribution in [1.82, 2.24) is 0 Å². The first kappa shape index (κ1) is 10.8. The lowest BCUT2D eigenvalue weighted by atomic mass is 10.0. The van der Waals surface area contributed by atoms with E-state index in [0.29, 0.717) is 0 Å². The molecule has 68 valence electrons. The number of Topliss-reactive ketones (excluding diaryl/α,β-unsaturated/α-hetero) is 1. The van der Waals surface area contributed by atoms with Crippen LogP contribution in [0.1, 0.15) is 20.3 Å². The van der Waals surface area contributed by atoms with E-state index in [9.17, 15) is 9.59 Å². The average Bonchev–Trinajstić information content (AvgIpc) is 2.05. The molecule has 0 spiro atoms. The monoisotopic (exact) mass is 171 g/mol. The zero-order valence-electron chi connectivity index (χ0n) is 7.20. The number of rotatable bonds is 4. The number of aliphatic carboxylic acids is 1. The van der Waals surface area contributed by atoms with Gasteiger partial charge in [0.05, 0.1) is 0 Å². The first-order valence-electron chi connectivity index (χ1n) is 3.72. The van der Waals surface area contributed by atoms with Crippen molar-refractivity contribution in [2.75, 3.05) is 0 Å². The van der Waals surface area contributed by atoms with Crippen LogP contribution < -0.4 is 5.73 Å². The fourth-order valence-electron chi connectivity index (χ4n) is 0.851. The lowest BCUT2D eigenvalue weighted by Crippen LogP contribution is -2.35. The zero-order valence-corrected chi connectivity index (χ0v) is 7.20. The SMILES string of the molecule is CC=C(C(=O)CC)C(N)C(=O)O. The predicted molar refractivity (Wildman–Crippen MR) is 44.7 cm³/mol. The van der Waals surface area contributed by atoms with Gasteiger partial charge < -0.3 is 10.8 Å². The second kappa shape index (κ2) is 4.66. The van der Waals surface area contributed by atoms with Crippen molar-refractivity contribution in [3.63, 3.8) is 0 Å². The molecule has 0 saturated heterocycles. The molecule has 1 unspecified atom stereocenters. The molecular weight excluding hydrogens is 158 g/mol. The van der Waals surface area contributed by atoms with E-state index in [0.717, 1.165) is 0 Å². The number of carbonyl (C=O) groups excluding carboxylic acids is 1. The van der Waals surface area contributed by atoms with Gasteiger partial charge in [0.15, 0.2) is 5.78 Å². The number of carboxylic acids is 1. The highest BCUT2D eigenvalue weighted by Crippen LogP contribution is 2.04. The van der Waals surface area contributed by atoms with Gasteiger partial charge in [-0.15, -0.1) is 0 Å². The highest BCUT2D eigenvalue weighted by Gasteiger charge is 2.20. The Hall–Kier alpha value is -1.16. The molecule has 0 saturated carbocycles. The van der Waals surface area contributed by atoms with Gasteiger partial charge in [-0.3, -0.25) is 9.59 Å². The number of hydrogen-bond acceptors (Lipinski definition) is 3. The topological polar surface area (TPSA) is 80.4 Å². The molecule has 0 aromatic carbocycles. The van der Waals surface area contributed by atoms with Crippen LogP contribution in [0.15, 0.2) is 11.6 Å². The number of allylic oxidation sites excluding steroid dienone is 1. The highest BCUT2D eigenvalue weighted by molar-refractivity contribution is 6.01. The third-order valence-electron chi connectivity index (χ3n) is 1.56. The Bertz CT molecular complexity index is 220. The first-order chi connectivity index (χ1) is 5.54. The Balaban J connectivity index is 4.58. The van der Waals surface area contributed by atoms with Gasteiger partial charge >= 0.3 is 5.97 Å². The second-order valence-electron chi connectivity index (χ2n) is 2.34. The molecule has 0 aliphatic carbocycles. The number of ketones is 1. The summed E-state index contributed by atoms with van der Waals surface area (Å²) in [5, 5.41) is 8.51. The van der Waals surface area contributed by atoms with Crippen molar-refractivity contribution in [1.29, 1.82) is 0 Å². The maximum atomic E-state index is 11.1. The largest absolute Gasteiger partial charge is 0.480 e. The van der Waals surface area contributed by atoms with Crippen LogP contribution >= 0.6 is 0 Å². The van der Waals surface area contributed by atoms with Crippen LogP contribution in [0.25, 0.3) is 0 Å². The standard InChI is InChI=1S/C8H13NO3/c1-3-5(6(10)4-2)7(9)8(11)12/h3,7H,4,9H2,1-2H3,(H,11,12). The molecule has 0 aliphatic rings. The summed E-state index contributed by atoms with van der Waals surface area (Å²) in [4.78, 5) is 21.5. The van der Waals surface area contributed by atoms with Gasteiger partial charge in [0, 0.05) is 12.0 Å². The molecule has 0 bridgehead atoms. The Morgan fingerprint density at radius 3 is 2.33 bits per heavy atom. The van der Waals surface area contributed by atoms with E-state index < -0.39 is 12.0 Å². The van der Waals surface area contributed by atoms with E-state index in [-0.39, 0.29) is 17.8 Å². The number of hydrogen-bond donors (Lipinski definition) is 2. The van der Waals surface area contributed by atoms with Gasteiger partial charge in [-0.1, -0.05) is 13.0 Å². The first-order valence-corrected chi connectivity index (χ1v) is 3.72. The third-order valence-corrected chi connectivity index (χ3v) is 1.56. The molecule has 0 aromatic rings. The summed E-state index contributed by atoms with van der Waals surface area (Å²) < 4.78 is 0. The van der Waals surface area contributed by atoms with E-state index in [4.69, 9.17) is 10.8 Å². The molecule has 4 heteroatoms. The maximum absolute atomic E-state index is 11.1. The lowest BCUT2D eigenvalue weighted by Gasteiger charge is -2.08. The Morgan fingerprint density at radius 1 is 1.58 bits per heavy atom. The van der Waals surface area contributed by atoms with E-state index in [1.807, 2.05) is 0 Å². The minimum Gasteiger partial charge on any atom is -0.480 e. The summed E-state index contributed by atoms with van der Waals surface area (Å²) >= 11 is 0. The Kier molecular flexibility index (Phi) is 4.21.